The van der Waals surface area contributed by atoms with E-state index in [1.165, 1.54) is 46.5 Å². The molecule has 0 atom stereocenters. The van der Waals surface area contributed by atoms with Gasteiger partial charge in [-0.15, -0.1) is 0 Å². The molecule has 4 nitrogen and oxygen atoms in total. The maximum Gasteiger partial charge on any atom is 0.302 e. The first-order valence-electron chi connectivity index (χ1n) is 6.47. The van der Waals surface area contributed by atoms with Crippen molar-refractivity contribution in [3.8, 4) is 0 Å². The van der Waals surface area contributed by atoms with Crippen molar-refractivity contribution >= 4 is 11.8 Å². The Bertz CT molecular complexity index is 148. The van der Waals surface area contributed by atoms with E-state index in [1.54, 1.807) is 6.92 Å². The van der Waals surface area contributed by atoms with Gasteiger partial charge < -0.3 is 14.6 Å². The average molecular weight is 264 g/mol. The Balaban J connectivity index is -0.0000000777. The number of hydrogen-bond donors (Lipinski definition) is 1. The Morgan fingerprint density at radius 3 is 1.22 bits per heavy atom. The lowest BCUT2D eigenvalue weighted by atomic mass is 10.2. The first kappa shape index (κ1) is 25.8. The van der Waals surface area contributed by atoms with Crippen molar-refractivity contribution in [2.75, 3.05) is 13.7 Å². The van der Waals surface area contributed by atoms with Crippen LogP contribution in [0.4, 0.5) is 0 Å². The summed E-state index contributed by atoms with van der Waals surface area (Å²) >= 11 is 0. The van der Waals surface area contributed by atoms with E-state index in [4.69, 9.17) is 5.11 Å². The van der Waals surface area contributed by atoms with Gasteiger partial charge in [0.15, 0.2) is 0 Å². The Morgan fingerprint density at radius 1 is 0.889 bits per heavy atom. The fraction of sp³-hybridized carbons (Fsp3) is 0.857. The maximum atomic E-state index is 9.82. The minimum absolute atomic E-state index is 0.167. The largest absolute Gasteiger partial charge is 0.466 e. The molecule has 0 spiro atoms. The van der Waals surface area contributed by atoms with Crippen LogP contribution in [0.15, 0.2) is 0 Å². The molecule has 0 aromatic carbocycles. The smallest absolute Gasteiger partial charge is 0.302 e. The molecule has 0 aliphatic heterocycles. The zero-order valence-electron chi connectivity index (χ0n) is 13.2. The molecule has 0 saturated heterocycles. The second-order valence-electron chi connectivity index (χ2n) is 3.54. The van der Waals surface area contributed by atoms with Crippen molar-refractivity contribution in [3.63, 3.8) is 0 Å². The van der Waals surface area contributed by atoms with Crippen molar-refractivity contribution in [2.45, 2.75) is 67.2 Å². The van der Waals surface area contributed by atoms with Gasteiger partial charge in [-0.05, 0) is 20.8 Å². The molecule has 112 valence electrons. The highest BCUT2D eigenvalue weighted by Gasteiger charge is 1.81. The minimum atomic E-state index is -0.211. The Hall–Kier alpha value is -0.900. The van der Waals surface area contributed by atoms with Gasteiger partial charge in [-0.3, -0.25) is 4.79 Å². The van der Waals surface area contributed by atoms with Gasteiger partial charge in [-0.25, -0.2) is 0 Å². The topological polar surface area (TPSA) is 63.6 Å². The van der Waals surface area contributed by atoms with E-state index < -0.39 is 0 Å². The number of carbonyl (C=O) groups excluding carboxylic acids is 2. The lowest BCUT2D eigenvalue weighted by Gasteiger charge is -1.89. The van der Waals surface area contributed by atoms with Crippen molar-refractivity contribution in [1.29, 1.82) is 0 Å². The monoisotopic (exact) mass is 264 g/mol. The number of Topliss-reactive ketones (excluding diaryl/α,β-unsaturated/α-hetero) is 1. The van der Waals surface area contributed by atoms with Crippen molar-refractivity contribution < 1.29 is 19.4 Å². The average Bonchev–Trinajstić information content (AvgIpc) is 2.29. The molecule has 0 aromatic rings. The van der Waals surface area contributed by atoms with Crippen LogP contribution in [0, 0.1) is 0 Å². The number of rotatable bonds is 4. The molecule has 1 N–H and O–H groups in total. The summed E-state index contributed by atoms with van der Waals surface area (Å²) < 4.78 is 4.40. The number of esters is 1. The molecule has 0 rings (SSSR count). The number of ether oxygens (including phenoxy) is 1. The Labute approximate surface area is 113 Å². The quantitative estimate of drug-likeness (QED) is 0.624. The van der Waals surface area contributed by atoms with Crippen LogP contribution in [-0.2, 0) is 14.3 Å². The Kier molecular flexibility index (Phi) is 42.8. The van der Waals surface area contributed by atoms with Crippen molar-refractivity contribution in [3.05, 3.63) is 0 Å². The predicted octanol–water partition coefficient (Wildman–Crippen LogP) is 3.36. The fourth-order valence-corrected chi connectivity index (χ4v) is 0.703. The molecule has 0 unspecified atom stereocenters. The summed E-state index contributed by atoms with van der Waals surface area (Å²) in [6.07, 6.45) is 5.54. The van der Waals surface area contributed by atoms with Crippen LogP contribution in [0.2, 0.25) is 0 Å². The highest BCUT2D eigenvalue weighted by molar-refractivity contribution is 5.72. The number of ketones is 1. The second kappa shape index (κ2) is 29.8. The number of hydrogen-bond acceptors (Lipinski definition) is 4. The van der Waals surface area contributed by atoms with E-state index in [0.29, 0.717) is 6.61 Å². The molecule has 0 radical (unpaired) electrons. The van der Waals surface area contributed by atoms with Crippen LogP contribution >= 0.6 is 0 Å². The molecule has 0 heterocycles. The molecule has 0 fully saturated rings. The number of aliphatic hydroxyl groups is 1. The highest BCUT2D eigenvalue weighted by atomic mass is 16.5. The summed E-state index contributed by atoms with van der Waals surface area (Å²) in [5, 5.41) is 7.00. The molecule has 0 bridgehead atoms. The predicted molar refractivity (Wildman–Crippen MR) is 76.6 cm³/mol. The number of carbonyl (C=O) groups is 2. The highest BCUT2D eigenvalue weighted by Crippen LogP contribution is 1.95. The summed E-state index contributed by atoms with van der Waals surface area (Å²) in [5.41, 5.74) is 0. The van der Waals surface area contributed by atoms with Crippen LogP contribution < -0.4 is 0 Å². The van der Waals surface area contributed by atoms with E-state index >= 15 is 0 Å². The van der Waals surface area contributed by atoms with Gasteiger partial charge in [0.2, 0.25) is 0 Å². The standard InChI is InChI=1S/C6H14.C4H8O2.C3H6O.CH4O/c1-3-5-6-4-2;1-3-6-4(2)5;1-3(2)4;1-2/h3-6H2,1-2H3;3H2,1-2H3;1-2H3;2H,1H3. The summed E-state index contributed by atoms with van der Waals surface area (Å²) in [6, 6.07) is 0. The molecular weight excluding hydrogens is 232 g/mol. The summed E-state index contributed by atoms with van der Waals surface area (Å²) in [5.74, 6) is -0.0440. The summed E-state index contributed by atoms with van der Waals surface area (Å²) in [4.78, 5) is 19.3. The van der Waals surface area contributed by atoms with E-state index in [2.05, 4.69) is 18.6 Å². The SMILES string of the molecule is CC(C)=O.CCCCCC.CCOC(C)=O.CO. The van der Waals surface area contributed by atoms with Gasteiger partial charge in [-0.1, -0.05) is 39.5 Å². The van der Waals surface area contributed by atoms with Crippen molar-refractivity contribution in [2.24, 2.45) is 0 Å². The molecule has 18 heavy (non-hydrogen) atoms. The van der Waals surface area contributed by atoms with Gasteiger partial charge >= 0.3 is 5.97 Å². The van der Waals surface area contributed by atoms with E-state index in [0.717, 1.165) is 7.11 Å². The number of unbranched alkanes of at least 4 members (excludes halogenated alkanes) is 3. The molecule has 4 heteroatoms. The van der Waals surface area contributed by atoms with Gasteiger partial charge in [0.1, 0.15) is 5.78 Å². The lowest BCUT2D eigenvalue weighted by Crippen LogP contribution is -1.95. The summed E-state index contributed by atoms with van der Waals surface area (Å²) in [7, 11) is 1.00. The molecule has 0 aromatic heterocycles. The molecule has 0 saturated carbocycles. The third kappa shape index (κ3) is 115. The fourth-order valence-electron chi connectivity index (χ4n) is 0.703. The Morgan fingerprint density at radius 2 is 1.17 bits per heavy atom. The van der Waals surface area contributed by atoms with Crippen LogP contribution in [0.25, 0.3) is 0 Å². The zero-order valence-corrected chi connectivity index (χ0v) is 13.2. The van der Waals surface area contributed by atoms with Gasteiger partial charge in [0.05, 0.1) is 6.61 Å². The molecule has 0 aliphatic carbocycles. The maximum absolute atomic E-state index is 9.82. The van der Waals surface area contributed by atoms with Gasteiger partial charge in [0.25, 0.3) is 0 Å². The van der Waals surface area contributed by atoms with E-state index in [9.17, 15) is 9.59 Å². The van der Waals surface area contributed by atoms with Crippen LogP contribution in [-0.4, -0.2) is 30.6 Å². The van der Waals surface area contributed by atoms with E-state index in [1.807, 2.05) is 0 Å². The third-order valence-corrected chi connectivity index (χ3v) is 1.30. The van der Waals surface area contributed by atoms with Gasteiger partial charge in [0, 0.05) is 14.0 Å². The van der Waals surface area contributed by atoms with E-state index in [-0.39, 0.29) is 11.8 Å². The first-order valence-corrected chi connectivity index (χ1v) is 6.47. The summed E-state index contributed by atoms with van der Waals surface area (Å²) in [6.45, 7) is 11.2. The lowest BCUT2D eigenvalue weighted by molar-refractivity contribution is -0.140. The minimum Gasteiger partial charge on any atom is -0.466 e. The molecule has 0 amide bonds. The van der Waals surface area contributed by atoms with Gasteiger partial charge in [-0.2, -0.15) is 0 Å². The molecule has 0 aliphatic rings. The molecular formula is C14H32O4. The van der Waals surface area contributed by atoms with Crippen molar-refractivity contribution in [1.82, 2.24) is 0 Å². The normalized spacial score (nSPS) is 7.33. The number of aliphatic hydroxyl groups excluding tert-OH is 1. The second-order valence-corrected chi connectivity index (χ2v) is 3.54. The van der Waals surface area contributed by atoms with Crippen LogP contribution in [0.3, 0.4) is 0 Å². The van der Waals surface area contributed by atoms with Crippen LogP contribution in [0.1, 0.15) is 67.2 Å². The zero-order chi connectivity index (χ0) is 15.4. The van der Waals surface area contributed by atoms with Crippen LogP contribution in [0.5, 0.6) is 0 Å². The first-order chi connectivity index (χ1) is 8.42. The third-order valence-electron chi connectivity index (χ3n) is 1.30.